The fraction of sp³-hybridized carbons (Fsp3) is 0.324. The molecule has 0 radical (unpaired) electrons. The molecule has 4 atom stereocenters. The van der Waals surface area contributed by atoms with Gasteiger partial charge in [-0.05, 0) is 60.4 Å². The Morgan fingerprint density at radius 2 is 1.78 bits per heavy atom. The molecule has 232 valence electrons. The van der Waals surface area contributed by atoms with Crippen LogP contribution in [-0.4, -0.2) is 67.7 Å². The van der Waals surface area contributed by atoms with Crippen LogP contribution in [-0.2, 0) is 16.1 Å². The SMILES string of the molecule is CC[C@H](O)[C@@H]1C(=O)N2C(C(=S)OCc3ccc([N+](=O)[O-])cc3)=C([C@H]3CCN(CC(=O)c4ccc(-c5ccccc5)cc4)C3)S[C@H]12. The van der Waals surface area contributed by atoms with Crippen LogP contribution in [0.15, 0.2) is 89.5 Å². The van der Waals surface area contributed by atoms with E-state index in [-0.39, 0.29) is 40.3 Å². The van der Waals surface area contributed by atoms with Gasteiger partial charge in [-0.15, -0.1) is 11.8 Å². The number of non-ortho nitro benzene ring substituents is 1. The topological polar surface area (TPSA) is 113 Å². The second kappa shape index (κ2) is 13.2. The summed E-state index contributed by atoms with van der Waals surface area (Å²) in [5.74, 6) is -0.576. The van der Waals surface area contributed by atoms with E-state index in [1.54, 1.807) is 28.8 Å². The number of nitro groups is 1. The Balaban J connectivity index is 1.15. The third kappa shape index (κ3) is 6.30. The van der Waals surface area contributed by atoms with Gasteiger partial charge in [0, 0.05) is 35.1 Å². The van der Waals surface area contributed by atoms with Gasteiger partial charge in [0.25, 0.3) is 5.69 Å². The van der Waals surface area contributed by atoms with E-state index in [9.17, 15) is 24.8 Å². The van der Waals surface area contributed by atoms with Gasteiger partial charge in [0.05, 0.1) is 23.5 Å². The zero-order chi connectivity index (χ0) is 31.7. The first kappa shape index (κ1) is 31.1. The van der Waals surface area contributed by atoms with Crippen molar-refractivity contribution in [3.63, 3.8) is 0 Å². The first-order valence-electron chi connectivity index (χ1n) is 15.0. The Hall–Kier alpha value is -3.90. The first-order chi connectivity index (χ1) is 21.7. The molecule has 0 saturated carbocycles. The van der Waals surface area contributed by atoms with Gasteiger partial charge in [0.15, 0.2) is 5.78 Å². The maximum atomic E-state index is 13.3. The van der Waals surface area contributed by atoms with Crippen molar-refractivity contribution in [2.24, 2.45) is 11.8 Å². The highest BCUT2D eigenvalue weighted by molar-refractivity contribution is 8.04. The quantitative estimate of drug-likeness (QED) is 0.0908. The molecule has 2 fully saturated rings. The standard InChI is InChI=1S/C34H33N3O6S2/c1-2-27(38)29-32(40)36-30(34(44)43-20-21-8-14-26(15-9-21)37(41)42)31(45-33(29)36)25-16-17-35(18-25)19-28(39)24-12-10-23(11-13-24)22-6-4-3-5-7-22/h3-15,25,27,29,33,38H,2,16-20H2,1H3/t25-,27-,29+,33+/m0/s1. The number of likely N-dealkylation sites (tertiary alicyclic amines) is 1. The summed E-state index contributed by atoms with van der Waals surface area (Å²) < 4.78 is 5.98. The molecule has 2 saturated heterocycles. The number of carbonyl (C=O) groups excluding carboxylic acids is 2. The number of aliphatic hydroxyl groups is 1. The molecule has 9 nitrogen and oxygen atoms in total. The molecule has 45 heavy (non-hydrogen) atoms. The van der Waals surface area contributed by atoms with Gasteiger partial charge < -0.3 is 9.84 Å². The van der Waals surface area contributed by atoms with Gasteiger partial charge in [-0.2, -0.15) is 0 Å². The lowest BCUT2D eigenvalue weighted by Gasteiger charge is -2.44. The molecule has 1 amide bonds. The van der Waals surface area contributed by atoms with Crippen molar-refractivity contribution in [2.75, 3.05) is 19.6 Å². The summed E-state index contributed by atoms with van der Waals surface area (Å²) in [5, 5.41) is 21.5. The number of Topliss-reactive ketones (excluding diaryl/α,β-unsaturated/α-hetero) is 1. The summed E-state index contributed by atoms with van der Waals surface area (Å²) in [5.41, 5.74) is 4.10. The Bertz CT molecular complexity index is 1640. The van der Waals surface area contributed by atoms with Crippen LogP contribution in [0.4, 0.5) is 5.69 Å². The van der Waals surface area contributed by atoms with Crippen molar-refractivity contribution in [1.82, 2.24) is 9.80 Å². The number of thioether (sulfide) groups is 1. The Morgan fingerprint density at radius 3 is 2.44 bits per heavy atom. The molecule has 0 bridgehead atoms. The molecule has 3 aromatic rings. The van der Waals surface area contributed by atoms with Gasteiger partial charge in [-0.25, -0.2) is 0 Å². The molecule has 0 aromatic heterocycles. The lowest BCUT2D eigenvalue weighted by molar-refractivity contribution is -0.384. The maximum Gasteiger partial charge on any atom is 0.269 e. The third-order valence-corrected chi connectivity index (χ3v) is 10.5. The molecular formula is C34H33N3O6S2. The average Bonchev–Trinajstić information content (AvgIpc) is 3.66. The molecule has 0 unspecified atom stereocenters. The largest absolute Gasteiger partial charge is 0.477 e. The summed E-state index contributed by atoms with van der Waals surface area (Å²) in [6.45, 7) is 3.61. The van der Waals surface area contributed by atoms with Crippen molar-refractivity contribution in [3.8, 4) is 11.1 Å². The molecule has 3 aliphatic heterocycles. The number of hydrogen-bond acceptors (Lipinski definition) is 9. The van der Waals surface area contributed by atoms with Crippen molar-refractivity contribution in [2.45, 2.75) is 37.9 Å². The van der Waals surface area contributed by atoms with Crippen LogP contribution in [0.3, 0.4) is 0 Å². The lowest BCUT2D eigenvalue weighted by atomic mass is 9.89. The number of amides is 1. The van der Waals surface area contributed by atoms with E-state index in [4.69, 9.17) is 17.0 Å². The number of nitro benzene ring substituents is 1. The van der Waals surface area contributed by atoms with Gasteiger partial charge in [0.2, 0.25) is 11.0 Å². The highest BCUT2D eigenvalue weighted by Crippen LogP contribution is 2.54. The number of thiocarbonyl (C=S) groups is 1. The number of carbonyl (C=O) groups is 2. The van der Waals surface area contributed by atoms with Gasteiger partial charge >= 0.3 is 0 Å². The summed E-state index contributed by atoms with van der Waals surface area (Å²) in [4.78, 5) is 41.8. The van der Waals surface area contributed by atoms with Crippen LogP contribution in [0.1, 0.15) is 35.7 Å². The zero-order valence-corrected chi connectivity index (χ0v) is 26.3. The predicted octanol–water partition coefficient (Wildman–Crippen LogP) is 5.82. The van der Waals surface area contributed by atoms with Crippen LogP contribution < -0.4 is 0 Å². The fourth-order valence-electron chi connectivity index (χ4n) is 6.15. The van der Waals surface area contributed by atoms with Crippen LogP contribution in [0.2, 0.25) is 0 Å². The summed E-state index contributed by atoms with van der Waals surface area (Å²) in [7, 11) is 0. The van der Waals surface area contributed by atoms with Crippen molar-refractivity contribution in [1.29, 1.82) is 0 Å². The monoisotopic (exact) mass is 643 g/mol. The Kier molecular flexibility index (Phi) is 9.14. The van der Waals surface area contributed by atoms with E-state index in [1.807, 2.05) is 61.5 Å². The Morgan fingerprint density at radius 1 is 1.09 bits per heavy atom. The minimum atomic E-state index is -0.743. The second-order valence-electron chi connectivity index (χ2n) is 11.5. The number of aliphatic hydroxyl groups excluding tert-OH is 1. The molecule has 0 spiro atoms. The second-order valence-corrected chi connectivity index (χ2v) is 13.0. The van der Waals surface area contributed by atoms with E-state index in [2.05, 4.69) is 4.90 Å². The van der Waals surface area contributed by atoms with Gasteiger partial charge in [0.1, 0.15) is 17.7 Å². The highest BCUT2D eigenvalue weighted by Gasteiger charge is 2.58. The number of hydrogen-bond donors (Lipinski definition) is 1. The summed E-state index contributed by atoms with van der Waals surface area (Å²) in [6, 6.07) is 23.8. The number of benzene rings is 3. The van der Waals surface area contributed by atoms with Gasteiger partial charge in [-0.3, -0.25) is 29.5 Å². The van der Waals surface area contributed by atoms with Crippen LogP contribution in [0, 0.1) is 22.0 Å². The fourth-order valence-corrected chi connectivity index (χ4v) is 8.19. The molecule has 1 N–H and O–H groups in total. The zero-order valence-electron chi connectivity index (χ0n) is 24.7. The van der Waals surface area contributed by atoms with Gasteiger partial charge in [-0.1, -0.05) is 61.5 Å². The highest BCUT2D eigenvalue weighted by atomic mass is 32.2. The molecule has 3 aromatic carbocycles. The number of fused-ring (bicyclic) bond motifs is 1. The molecule has 3 aliphatic rings. The van der Waals surface area contributed by atoms with Crippen molar-refractivity contribution >= 4 is 46.4 Å². The van der Waals surface area contributed by atoms with Crippen LogP contribution >= 0.6 is 24.0 Å². The minimum absolute atomic E-state index is 0.0125. The first-order valence-corrected chi connectivity index (χ1v) is 16.3. The maximum absolute atomic E-state index is 13.3. The smallest absolute Gasteiger partial charge is 0.269 e. The molecular weight excluding hydrogens is 611 g/mol. The number of ketones is 1. The predicted molar refractivity (Wildman–Crippen MR) is 176 cm³/mol. The van der Waals surface area contributed by atoms with E-state index in [0.717, 1.165) is 29.0 Å². The molecule has 3 heterocycles. The number of rotatable bonds is 11. The molecule has 6 rings (SSSR count). The Labute approximate surface area is 271 Å². The van der Waals surface area contributed by atoms with Crippen molar-refractivity contribution in [3.05, 3.63) is 111 Å². The number of nitrogens with zero attached hydrogens (tertiary/aromatic N) is 3. The average molecular weight is 644 g/mol. The van der Waals surface area contributed by atoms with E-state index in [0.29, 0.717) is 36.3 Å². The van der Waals surface area contributed by atoms with E-state index in [1.165, 1.54) is 12.1 Å². The number of ether oxygens (including phenoxy) is 1. The van der Waals surface area contributed by atoms with Crippen LogP contribution in [0.25, 0.3) is 11.1 Å². The molecule has 0 aliphatic carbocycles. The normalized spacial score (nSPS) is 21.8. The van der Waals surface area contributed by atoms with E-state index >= 15 is 0 Å². The van der Waals surface area contributed by atoms with Crippen molar-refractivity contribution < 1.29 is 24.4 Å². The van der Waals surface area contributed by atoms with E-state index < -0.39 is 16.9 Å². The van der Waals surface area contributed by atoms with Crippen LogP contribution in [0.5, 0.6) is 0 Å². The summed E-state index contributed by atoms with van der Waals surface area (Å²) >= 11 is 7.29. The third-order valence-electron chi connectivity index (χ3n) is 8.67. The summed E-state index contributed by atoms with van der Waals surface area (Å²) in [6.07, 6.45) is 0.526. The lowest BCUT2D eigenvalue weighted by Crippen LogP contribution is -2.61. The number of β-lactam (4-membered cyclic amide) rings is 1. The molecule has 11 heteroatoms. The minimum Gasteiger partial charge on any atom is -0.477 e.